The minimum atomic E-state index is -0.440. The Labute approximate surface area is 213 Å². The highest BCUT2D eigenvalue weighted by atomic mass is 16.6. The lowest BCUT2D eigenvalue weighted by Crippen LogP contribution is -2.39. The molecule has 194 valence electrons. The topological polar surface area (TPSA) is 97.0 Å². The first-order valence-corrected chi connectivity index (χ1v) is 12.7. The van der Waals surface area contributed by atoms with Gasteiger partial charge in [0.05, 0.1) is 19.3 Å². The van der Waals surface area contributed by atoms with Gasteiger partial charge < -0.3 is 19.7 Å². The van der Waals surface area contributed by atoms with Crippen molar-refractivity contribution in [3.05, 3.63) is 54.6 Å². The summed E-state index contributed by atoms with van der Waals surface area (Å²) in [6, 6.07) is 17.6. The Hall–Kier alpha value is -3.23. The number of amides is 1. The van der Waals surface area contributed by atoms with Crippen molar-refractivity contribution >= 4 is 23.5 Å². The van der Waals surface area contributed by atoms with Gasteiger partial charge >= 0.3 is 12.1 Å². The van der Waals surface area contributed by atoms with Gasteiger partial charge in [-0.3, -0.25) is 14.9 Å². The molecule has 0 radical (unpaired) electrons. The van der Waals surface area contributed by atoms with E-state index in [2.05, 4.69) is 20.3 Å². The Morgan fingerprint density at radius 2 is 1.67 bits per heavy atom. The van der Waals surface area contributed by atoms with Crippen LogP contribution < -0.4 is 10.6 Å². The fraction of sp³-hybridized carbons (Fsp3) is 0.464. The number of likely N-dealkylation sites (tertiary alicyclic amines) is 1. The normalized spacial score (nSPS) is 14.2. The van der Waals surface area contributed by atoms with Crippen LogP contribution in [0.3, 0.4) is 0 Å². The number of anilines is 1. The summed E-state index contributed by atoms with van der Waals surface area (Å²) >= 11 is 0. The van der Waals surface area contributed by atoms with Gasteiger partial charge in [0.15, 0.2) is 0 Å². The molecule has 1 aliphatic heterocycles. The predicted molar refractivity (Wildman–Crippen MR) is 140 cm³/mol. The largest absolute Gasteiger partial charge is 0.469 e. The van der Waals surface area contributed by atoms with Gasteiger partial charge in [0.1, 0.15) is 11.9 Å². The van der Waals surface area contributed by atoms with Gasteiger partial charge in [0.2, 0.25) is 0 Å². The van der Waals surface area contributed by atoms with E-state index in [1.165, 1.54) is 7.11 Å². The van der Waals surface area contributed by atoms with Crippen LogP contribution >= 0.6 is 0 Å². The molecule has 0 bridgehead atoms. The summed E-state index contributed by atoms with van der Waals surface area (Å²) in [5, 5.41) is 6.04. The number of ether oxygens (including phenoxy) is 2. The molecule has 0 atom stereocenters. The van der Waals surface area contributed by atoms with E-state index < -0.39 is 6.09 Å². The molecule has 0 aliphatic carbocycles. The maximum Gasteiger partial charge on any atom is 0.411 e. The highest BCUT2D eigenvalue weighted by Gasteiger charge is 2.23. The van der Waals surface area contributed by atoms with Gasteiger partial charge in [-0.15, -0.1) is 0 Å². The van der Waals surface area contributed by atoms with E-state index in [0.29, 0.717) is 32.5 Å². The summed E-state index contributed by atoms with van der Waals surface area (Å²) in [6.45, 7) is 3.37. The third-order valence-corrected chi connectivity index (χ3v) is 6.30. The number of para-hydroxylation sites is 1. The van der Waals surface area contributed by atoms with E-state index in [1.54, 1.807) is 0 Å². The standard InChI is InChI=1S/C28H37N3O5/c1-35-27(33)13-7-8-17-29-21-23(32)14-18-31-19-15-24(16-20-31)36-28(34)30-26-12-6-5-11-25(26)22-9-3-2-4-10-22/h2-6,9-12,24,29H,7-8,13-21H2,1H3,(H,30,34). The number of benzene rings is 2. The molecule has 8 heteroatoms. The zero-order chi connectivity index (χ0) is 25.6. The van der Waals surface area contributed by atoms with Gasteiger partial charge in [-0.2, -0.15) is 0 Å². The van der Waals surface area contributed by atoms with Gasteiger partial charge in [0.25, 0.3) is 0 Å². The molecule has 8 nitrogen and oxygen atoms in total. The Balaban J connectivity index is 1.30. The number of carbonyl (C=O) groups excluding carboxylic acids is 3. The molecule has 1 fully saturated rings. The van der Waals surface area contributed by atoms with Crippen molar-refractivity contribution in [2.75, 3.05) is 45.2 Å². The zero-order valence-corrected chi connectivity index (χ0v) is 21.0. The summed E-state index contributed by atoms with van der Waals surface area (Å²) in [4.78, 5) is 38.0. The number of rotatable bonds is 13. The molecule has 2 aromatic carbocycles. The van der Waals surface area contributed by atoms with Crippen molar-refractivity contribution in [1.82, 2.24) is 10.2 Å². The Morgan fingerprint density at radius 3 is 2.42 bits per heavy atom. The quantitative estimate of drug-likeness (QED) is 0.317. The number of hydrogen-bond donors (Lipinski definition) is 2. The summed E-state index contributed by atoms with van der Waals surface area (Å²) < 4.78 is 10.3. The molecule has 2 aromatic rings. The van der Waals surface area contributed by atoms with Crippen molar-refractivity contribution in [2.24, 2.45) is 0 Å². The van der Waals surface area contributed by atoms with Gasteiger partial charge in [-0.1, -0.05) is 48.5 Å². The second-order valence-electron chi connectivity index (χ2n) is 8.98. The van der Waals surface area contributed by atoms with Crippen LogP contribution in [-0.2, 0) is 19.1 Å². The first-order chi connectivity index (χ1) is 17.5. The molecule has 2 N–H and O–H groups in total. The highest BCUT2D eigenvalue weighted by molar-refractivity contribution is 5.91. The minimum Gasteiger partial charge on any atom is -0.469 e. The number of carbonyl (C=O) groups is 3. The maximum absolute atomic E-state index is 12.6. The fourth-order valence-corrected chi connectivity index (χ4v) is 4.22. The molecule has 1 aliphatic rings. The summed E-state index contributed by atoms with van der Waals surface area (Å²) in [5.74, 6) is -0.0212. The molecule has 3 rings (SSSR count). The van der Waals surface area contributed by atoms with E-state index in [1.807, 2.05) is 54.6 Å². The van der Waals surface area contributed by atoms with Crippen molar-refractivity contribution in [1.29, 1.82) is 0 Å². The SMILES string of the molecule is COC(=O)CCCCNCC(=O)CCN1CCC(OC(=O)Nc2ccccc2-c2ccccc2)CC1. The number of piperidine rings is 1. The lowest BCUT2D eigenvalue weighted by atomic mass is 10.0. The van der Waals surface area contributed by atoms with Crippen molar-refractivity contribution < 1.29 is 23.9 Å². The maximum atomic E-state index is 12.6. The number of unbranched alkanes of at least 4 members (excludes halogenated alkanes) is 1. The number of methoxy groups -OCH3 is 1. The van der Waals surface area contributed by atoms with Gasteiger partial charge in [0, 0.05) is 38.0 Å². The lowest BCUT2D eigenvalue weighted by molar-refractivity contribution is -0.140. The Kier molecular flexibility index (Phi) is 11.4. The number of Topliss-reactive ketones (excluding diaryl/α,β-unsaturated/α-hetero) is 1. The van der Waals surface area contributed by atoms with E-state index in [9.17, 15) is 14.4 Å². The van der Waals surface area contributed by atoms with Crippen LogP contribution in [0.15, 0.2) is 54.6 Å². The first kappa shape index (κ1) is 27.4. The van der Waals surface area contributed by atoms with Gasteiger partial charge in [-0.05, 0) is 43.9 Å². The molecule has 1 amide bonds. The average Bonchev–Trinajstić information content (AvgIpc) is 2.90. The Bertz CT molecular complexity index is 974. The molecular formula is C28H37N3O5. The zero-order valence-electron chi connectivity index (χ0n) is 21.0. The third kappa shape index (κ3) is 9.43. The number of hydrogen-bond acceptors (Lipinski definition) is 7. The number of esters is 1. The number of ketones is 1. The predicted octanol–water partition coefficient (Wildman–Crippen LogP) is 4.26. The van der Waals surface area contributed by atoms with Crippen LogP contribution in [-0.4, -0.2) is 68.7 Å². The second-order valence-corrected chi connectivity index (χ2v) is 8.98. The van der Waals surface area contributed by atoms with E-state index in [4.69, 9.17) is 4.74 Å². The fourth-order valence-electron chi connectivity index (χ4n) is 4.22. The molecule has 1 heterocycles. The molecular weight excluding hydrogens is 458 g/mol. The van der Waals surface area contributed by atoms with Gasteiger partial charge in [-0.25, -0.2) is 4.79 Å². The van der Waals surface area contributed by atoms with Crippen LogP contribution in [0, 0.1) is 0 Å². The highest BCUT2D eigenvalue weighted by Crippen LogP contribution is 2.28. The molecule has 0 spiro atoms. The summed E-state index contributed by atoms with van der Waals surface area (Å²) in [7, 11) is 1.39. The number of nitrogens with zero attached hydrogens (tertiary/aromatic N) is 1. The minimum absolute atomic E-state index is 0.132. The number of nitrogens with one attached hydrogen (secondary N) is 2. The van der Waals surface area contributed by atoms with E-state index in [-0.39, 0.29) is 17.9 Å². The summed E-state index contributed by atoms with van der Waals surface area (Å²) in [5.41, 5.74) is 2.71. The summed E-state index contributed by atoms with van der Waals surface area (Å²) in [6.07, 6.45) is 3.42. The van der Waals surface area contributed by atoms with Crippen LogP contribution in [0.4, 0.5) is 10.5 Å². The van der Waals surface area contributed by atoms with E-state index >= 15 is 0 Å². The lowest BCUT2D eigenvalue weighted by Gasteiger charge is -2.31. The van der Waals surface area contributed by atoms with Crippen molar-refractivity contribution in [3.63, 3.8) is 0 Å². The molecule has 0 aromatic heterocycles. The van der Waals surface area contributed by atoms with Crippen LogP contribution in [0.25, 0.3) is 11.1 Å². The Morgan fingerprint density at radius 1 is 0.944 bits per heavy atom. The smallest absolute Gasteiger partial charge is 0.411 e. The van der Waals surface area contributed by atoms with Crippen molar-refractivity contribution in [3.8, 4) is 11.1 Å². The van der Waals surface area contributed by atoms with Crippen molar-refractivity contribution in [2.45, 2.75) is 44.6 Å². The van der Waals surface area contributed by atoms with E-state index in [0.717, 1.165) is 55.6 Å². The molecule has 1 saturated heterocycles. The van der Waals surface area contributed by atoms with Crippen LogP contribution in [0.2, 0.25) is 0 Å². The third-order valence-electron chi connectivity index (χ3n) is 6.30. The second kappa shape index (κ2) is 15.0. The van der Waals surface area contributed by atoms with Crippen LogP contribution in [0.1, 0.15) is 38.5 Å². The molecule has 36 heavy (non-hydrogen) atoms. The first-order valence-electron chi connectivity index (χ1n) is 12.7. The average molecular weight is 496 g/mol. The van der Waals surface area contributed by atoms with Crippen LogP contribution in [0.5, 0.6) is 0 Å². The molecule has 0 unspecified atom stereocenters. The molecule has 0 saturated carbocycles. The monoisotopic (exact) mass is 495 g/mol.